The number of hydrogen-bond donors (Lipinski definition) is 3. The molecule has 1 amide bonds. The molecule has 3 atom stereocenters. The van der Waals surface area contributed by atoms with Gasteiger partial charge in [0.1, 0.15) is 11.6 Å². The van der Waals surface area contributed by atoms with Gasteiger partial charge in [0.25, 0.3) is 0 Å². The number of hydrogen-bond acceptors (Lipinski definition) is 5. The van der Waals surface area contributed by atoms with Gasteiger partial charge in [0.2, 0.25) is 5.91 Å². The summed E-state index contributed by atoms with van der Waals surface area (Å²) in [6.07, 6.45) is 5.71. The van der Waals surface area contributed by atoms with Gasteiger partial charge in [0.05, 0.1) is 29.3 Å². The van der Waals surface area contributed by atoms with Crippen LogP contribution in [-0.4, -0.2) is 52.8 Å². The molecule has 170 valence electrons. The second kappa shape index (κ2) is 7.33. The minimum absolute atomic E-state index is 0.118. The van der Waals surface area contributed by atoms with Crippen LogP contribution < -0.4 is 16.2 Å². The summed E-state index contributed by atoms with van der Waals surface area (Å²) in [6, 6.07) is 13.1. The number of rotatable bonds is 2. The van der Waals surface area contributed by atoms with Crippen molar-refractivity contribution in [3.8, 4) is 5.69 Å². The molecule has 4 aliphatic heterocycles. The number of amides is 1. The van der Waals surface area contributed by atoms with Crippen LogP contribution in [0, 0.1) is 5.92 Å². The van der Waals surface area contributed by atoms with E-state index in [0.717, 1.165) is 44.5 Å². The molecule has 0 bridgehead atoms. The third-order valence-corrected chi connectivity index (χ3v) is 8.05. The Morgan fingerprint density at radius 3 is 2.72 bits per heavy atom. The van der Waals surface area contributed by atoms with E-state index in [9.17, 15) is 4.79 Å². The Morgan fingerprint density at radius 2 is 1.94 bits per heavy atom. The highest BCUT2D eigenvalue weighted by Gasteiger charge is 2.54. The van der Waals surface area contributed by atoms with Crippen molar-refractivity contribution >= 4 is 11.6 Å². The average molecular weight is 436 g/mol. The third kappa shape index (κ3) is 3.10. The molecule has 0 aliphatic carbocycles. The quantitative estimate of drug-likeness (QED) is 0.677. The highest BCUT2D eigenvalue weighted by Crippen LogP contribution is 2.50. The maximum absolute atomic E-state index is 13.1. The van der Waals surface area contributed by atoms with Gasteiger partial charge in [-0.25, -0.2) is 5.43 Å². The largest absolute Gasteiger partial charge is 0.372 e. The number of carbonyl (C=O) groups is 1. The van der Waals surface area contributed by atoms with Crippen LogP contribution in [0.4, 0.5) is 5.69 Å². The summed E-state index contributed by atoms with van der Waals surface area (Å²) in [5.41, 5.74) is 9.75. The number of nitrogens with one attached hydrogen (secondary N) is 3. The minimum atomic E-state index is -0.217. The van der Waals surface area contributed by atoms with E-state index in [1.54, 1.807) is 0 Å². The molecule has 3 N–H and O–H groups in total. The normalized spacial score (nSPS) is 30.5. The van der Waals surface area contributed by atoms with Crippen molar-refractivity contribution < 1.29 is 9.53 Å². The number of aromatic nitrogens is 1. The molecule has 7 heteroatoms. The number of anilines is 1. The van der Waals surface area contributed by atoms with Gasteiger partial charge in [-0.1, -0.05) is 26.0 Å². The molecule has 0 radical (unpaired) electrons. The highest BCUT2D eigenvalue weighted by atomic mass is 16.5. The molecular formula is C25H33N5O2. The van der Waals surface area contributed by atoms with Gasteiger partial charge < -0.3 is 19.5 Å². The van der Waals surface area contributed by atoms with Crippen molar-refractivity contribution in [1.82, 2.24) is 20.3 Å². The number of carbonyl (C=O) groups excluding carboxylic acids is 1. The molecule has 5 heterocycles. The summed E-state index contributed by atoms with van der Waals surface area (Å²) in [5.74, 6) is 0.738. The Morgan fingerprint density at radius 1 is 1.12 bits per heavy atom. The number of benzene rings is 1. The molecule has 2 aromatic rings. The average Bonchev–Trinajstić information content (AvgIpc) is 3.54. The summed E-state index contributed by atoms with van der Waals surface area (Å²) in [6.45, 7) is 6.56. The second-order valence-electron chi connectivity index (χ2n) is 10.4. The molecule has 3 fully saturated rings. The van der Waals surface area contributed by atoms with E-state index in [2.05, 4.69) is 77.2 Å². The number of nitrogens with zero attached hydrogens (tertiary/aromatic N) is 2. The van der Waals surface area contributed by atoms with Gasteiger partial charge in [0, 0.05) is 31.7 Å². The number of likely N-dealkylation sites (tertiary alicyclic amines) is 1. The first-order valence-electron chi connectivity index (χ1n) is 12.0. The Kier molecular flexibility index (Phi) is 4.65. The van der Waals surface area contributed by atoms with Crippen LogP contribution in [0.2, 0.25) is 0 Å². The van der Waals surface area contributed by atoms with Crippen LogP contribution in [0.5, 0.6) is 0 Å². The molecule has 2 spiro atoms. The fourth-order valence-corrected chi connectivity index (χ4v) is 6.12. The molecule has 3 unspecified atom stereocenters. The van der Waals surface area contributed by atoms with E-state index < -0.39 is 0 Å². The highest BCUT2D eigenvalue weighted by molar-refractivity contribution is 5.82. The number of piperidine rings is 1. The first-order chi connectivity index (χ1) is 15.5. The summed E-state index contributed by atoms with van der Waals surface area (Å²) >= 11 is 0. The molecule has 1 aromatic carbocycles. The van der Waals surface area contributed by atoms with Crippen molar-refractivity contribution in [2.45, 2.75) is 62.8 Å². The first kappa shape index (κ1) is 20.3. The minimum Gasteiger partial charge on any atom is -0.372 e. The van der Waals surface area contributed by atoms with Crippen molar-refractivity contribution in [3.05, 3.63) is 48.3 Å². The van der Waals surface area contributed by atoms with Crippen LogP contribution >= 0.6 is 0 Å². The van der Waals surface area contributed by atoms with Gasteiger partial charge in [-0.05, 0) is 49.4 Å². The molecule has 4 aliphatic rings. The maximum Gasteiger partial charge on any atom is 0.241 e. The van der Waals surface area contributed by atoms with E-state index in [1.807, 2.05) is 4.90 Å². The standard InChI is InChI=1S/C25H33N5O2/c1-17(2)19-14-20(28-27-19)23(31)29-12-9-24(10-13-29)15-25(16-32-24)22-8-5-11-30(22)21-7-4-3-6-18(21)26-25/h3-8,11,17,19-20,26-28H,9-10,12-16H2,1-2H3. The van der Waals surface area contributed by atoms with Crippen LogP contribution in [0.3, 0.4) is 0 Å². The van der Waals surface area contributed by atoms with Gasteiger partial charge in [-0.3, -0.25) is 10.2 Å². The molecule has 7 nitrogen and oxygen atoms in total. The fraction of sp³-hybridized carbons (Fsp3) is 0.560. The number of fused-ring (bicyclic) bond motifs is 4. The van der Waals surface area contributed by atoms with E-state index in [1.165, 1.54) is 11.4 Å². The Labute approximate surface area is 189 Å². The van der Waals surface area contributed by atoms with Crippen LogP contribution in [0.1, 0.15) is 45.2 Å². The van der Waals surface area contributed by atoms with Crippen molar-refractivity contribution in [1.29, 1.82) is 0 Å². The lowest BCUT2D eigenvalue weighted by Crippen LogP contribution is -2.52. The predicted octanol–water partition coefficient (Wildman–Crippen LogP) is 2.77. The van der Waals surface area contributed by atoms with Gasteiger partial charge in [-0.2, -0.15) is 0 Å². The number of para-hydroxylation sites is 2. The fourth-order valence-electron chi connectivity index (χ4n) is 6.12. The lowest BCUT2D eigenvalue weighted by Gasteiger charge is -2.41. The first-order valence-corrected chi connectivity index (χ1v) is 12.0. The Balaban J connectivity index is 1.16. The molecular weight excluding hydrogens is 402 g/mol. The van der Waals surface area contributed by atoms with Crippen LogP contribution in [-0.2, 0) is 15.1 Å². The van der Waals surface area contributed by atoms with E-state index >= 15 is 0 Å². The predicted molar refractivity (Wildman–Crippen MR) is 123 cm³/mol. The van der Waals surface area contributed by atoms with E-state index in [0.29, 0.717) is 18.6 Å². The second-order valence-corrected chi connectivity index (χ2v) is 10.4. The molecule has 6 rings (SSSR count). The smallest absolute Gasteiger partial charge is 0.241 e. The maximum atomic E-state index is 13.1. The molecule has 32 heavy (non-hydrogen) atoms. The Hall–Kier alpha value is -2.35. The van der Waals surface area contributed by atoms with Crippen LogP contribution in [0.25, 0.3) is 5.69 Å². The lowest BCUT2D eigenvalue weighted by molar-refractivity contribution is -0.138. The summed E-state index contributed by atoms with van der Waals surface area (Å²) in [4.78, 5) is 15.1. The van der Waals surface area contributed by atoms with Crippen molar-refractivity contribution in [2.75, 3.05) is 25.0 Å². The Bertz CT molecular complexity index is 1020. The number of hydrazine groups is 1. The van der Waals surface area contributed by atoms with Gasteiger partial charge in [0.15, 0.2) is 0 Å². The van der Waals surface area contributed by atoms with Gasteiger partial charge in [-0.15, -0.1) is 0 Å². The van der Waals surface area contributed by atoms with E-state index in [-0.39, 0.29) is 23.1 Å². The molecule has 1 aromatic heterocycles. The SMILES string of the molecule is CC(C)C1CC(C(=O)N2CCC3(CC2)CC2(CO3)Nc3ccccc3-n3cccc32)NN1. The van der Waals surface area contributed by atoms with Crippen LogP contribution in [0.15, 0.2) is 42.6 Å². The topological polar surface area (TPSA) is 70.6 Å². The van der Waals surface area contributed by atoms with Crippen molar-refractivity contribution in [2.24, 2.45) is 5.92 Å². The summed E-state index contributed by atoms with van der Waals surface area (Å²) in [7, 11) is 0. The molecule has 3 saturated heterocycles. The summed E-state index contributed by atoms with van der Waals surface area (Å²) in [5, 5.41) is 3.84. The number of ether oxygens (including phenoxy) is 1. The van der Waals surface area contributed by atoms with Gasteiger partial charge >= 0.3 is 0 Å². The zero-order valence-corrected chi connectivity index (χ0v) is 18.9. The third-order valence-electron chi connectivity index (χ3n) is 8.05. The zero-order valence-electron chi connectivity index (χ0n) is 18.9. The van der Waals surface area contributed by atoms with E-state index in [4.69, 9.17) is 4.74 Å². The monoisotopic (exact) mass is 435 g/mol. The van der Waals surface area contributed by atoms with Crippen molar-refractivity contribution in [3.63, 3.8) is 0 Å². The zero-order chi connectivity index (χ0) is 21.9. The summed E-state index contributed by atoms with van der Waals surface area (Å²) < 4.78 is 8.88. The molecule has 0 saturated carbocycles. The lowest BCUT2D eigenvalue weighted by atomic mass is 9.79.